The number of aliphatic carboxylic acids is 1. The zero-order chi connectivity index (χ0) is 14.8. The number of aliphatic hydroxyl groups is 1. The van der Waals surface area contributed by atoms with Crippen LogP contribution < -0.4 is 0 Å². The Hall–Kier alpha value is -0.390. The molecule has 0 spiro atoms. The van der Waals surface area contributed by atoms with E-state index in [4.69, 9.17) is 0 Å². The molecule has 5 heteroatoms. The normalized spacial score (nSPS) is 19.8. The summed E-state index contributed by atoms with van der Waals surface area (Å²) < 4.78 is 0.939. The molecule has 3 nitrogen and oxygen atoms in total. The minimum atomic E-state index is -0.750. The Morgan fingerprint density at radius 3 is 2.60 bits per heavy atom. The number of thiophene rings is 1. The SMILES string of the molecule is Cc1cc(Br)c(C(O)CC2(CC(=O)O)CCCCC2)s1. The summed E-state index contributed by atoms with van der Waals surface area (Å²) in [5.41, 5.74) is -0.235. The average molecular weight is 361 g/mol. The molecule has 1 aromatic rings. The third-order valence-electron chi connectivity index (χ3n) is 4.21. The number of hydrogen-bond acceptors (Lipinski definition) is 3. The summed E-state index contributed by atoms with van der Waals surface area (Å²) in [5, 5.41) is 19.7. The molecule has 1 unspecified atom stereocenters. The topological polar surface area (TPSA) is 57.5 Å². The molecule has 2 rings (SSSR count). The van der Waals surface area contributed by atoms with Crippen molar-refractivity contribution in [3.05, 3.63) is 20.3 Å². The lowest BCUT2D eigenvalue weighted by Crippen LogP contribution is -2.29. The highest BCUT2D eigenvalue weighted by molar-refractivity contribution is 9.10. The zero-order valence-corrected chi connectivity index (χ0v) is 14.1. The Labute approximate surface area is 132 Å². The number of carboxylic acids is 1. The molecule has 2 N–H and O–H groups in total. The molecule has 0 saturated heterocycles. The fourth-order valence-corrected chi connectivity index (χ4v) is 5.21. The molecule has 1 heterocycles. The van der Waals surface area contributed by atoms with Crippen molar-refractivity contribution in [3.63, 3.8) is 0 Å². The second-order valence-corrected chi connectivity index (χ2v) is 8.06. The highest BCUT2D eigenvalue weighted by Crippen LogP contribution is 2.47. The van der Waals surface area contributed by atoms with Gasteiger partial charge in [0, 0.05) is 14.2 Å². The molecule has 0 amide bonds. The van der Waals surface area contributed by atoms with Crippen LogP contribution in [-0.4, -0.2) is 16.2 Å². The van der Waals surface area contributed by atoms with Crippen LogP contribution in [0.3, 0.4) is 0 Å². The first-order valence-corrected chi connectivity index (χ1v) is 8.68. The summed E-state index contributed by atoms with van der Waals surface area (Å²) in [7, 11) is 0. The lowest BCUT2D eigenvalue weighted by Gasteiger charge is -2.37. The van der Waals surface area contributed by atoms with Gasteiger partial charge in [-0.05, 0) is 53.6 Å². The molecule has 1 aliphatic carbocycles. The van der Waals surface area contributed by atoms with Crippen molar-refractivity contribution in [2.45, 2.75) is 58.0 Å². The zero-order valence-electron chi connectivity index (χ0n) is 11.7. The molecule has 1 aliphatic rings. The Morgan fingerprint density at radius 1 is 1.45 bits per heavy atom. The summed E-state index contributed by atoms with van der Waals surface area (Å²) in [5.74, 6) is -0.750. The average Bonchev–Trinajstić information content (AvgIpc) is 2.68. The van der Waals surface area contributed by atoms with Crippen molar-refractivity contribution >= 4 is 33.2 Å². The second kappa shape index (κ2) is 6.58. The van der Waals surface area contributed by atoms with Gasteiger partial charge in [0.15, 0.2) is 0 Å². The molecule has 112 valence electrons. The van der Waals surface area contributed by atoms with Gasteiger partial charge in [0.05, 0.1) is 12.5 Å². The summed E-state index contributed by atoms with van der Waals surface area (Å²) in [6.45, 7) is 2.01. The summed E-state index contributed by atoms with van der Waals surface area (Å²) in [6.07, 6.45) is 5.32. The van der Waals surface area contributed by atoms with Crippen LogP contribution in [0.4, 0.5) is 0 Å². The fourth-order valence-electron chi connectivity index (χ4n) is 3.31. The highest BCUT2D eigenvalue weighted by atomic mass is 79.9. The summed E-state index contributed by atoms with van der Waals surface area (Å²) in [4.78, 5) is 13.3. The minimum Gasteiger partial charge on any atom is -0.481 e. The molecule has 0 radical (unpaired) electrons. The summed E-state index contributed by atoms with van der Waals surface area (Å²) in [6, 6.07) is 2.01. The van der Waals surface area contributed by atoms with Gasteiger partial charge in [-0.25, -0.2) is 0 Å². The van der Waals surface area contributed by atoms with E-state index in [9.17, 15) is 15.0 Å². The molecule has 0 aliphatic heterocycles. The van der Waals surface area contributed by atoms with Gasteiger partial charge in [-0.2, -0.15) is 0 Å². The van der Waals surface area contributed by atoms with Gasteiger partial charge in [0.25, 0.3) is 0 Å². The van der Waals surface area contributed by atoms with E-state index in [0.29, 0.717) is 6.42 Å². The van der Waals surface area contributed by atoms with Gasteiger partial charge in [0.1, 0.15) is 0 Å². The number of halogens is 1. The van der Waals surface area contributed by atoms with Gasteiger partial charge in [-0.3, -0.25) is 4.79 Å². The first-order valence-electron chi connectivity index (χ1n) is 7.08. The van der Waals surface area contributed by atoms with Crippen LogP contribution in [0.2, 0.25) is 0 Å². The van der Waals surface area contributed by atoms with Crippen molar-refractivity contribution in [3.8, 4) is 0 Å². The maximum atomic E-state index is 11.2. The molecular formula is C15H21BrO3S. The molecule has 0 bridgehead atoms. The number of carbonyl (C=O) groups is 1. The third-order valence-corrected chi connectivity index (χ3v) is 6.28. The Morgan fingerprint density at radius 2 is 2.10 bits per heavy atom. The van der Waals surface area contributed by atoms with Gasteiger partial charge >= 0.3 is 5.97 Å². The summed E-state index contributed by atoms with van der Waals surface area (Å²) >= 11 is 5.07. The number of carboxylic acid groups (broad SMARTS) is 1. The first kappa shape index (κ1) is 16.0. The maximum absolute atomic E-state index is 11.2. The Bertz CT molecular complexity index is 477. The lowest BCUT2D eigenvalue weighted by molar-refractivity contribution is -0.141. The van der Waals surface area contributed by atoms with Crippen LogP contribution in [0.1, 0.15) is 60.8 Å². The van der Waals surface area contributed by atoms with Crippen molar-refractivity contribution in [2.75, 3.05) is 0 Å². The Balaban J connectivity index is 2.14. The molecule has 1 saturated carbocycles. The van der Waals surface area contributed by atoms with Gasteiger partial charge in [0.2, 0.25) is 0 Å². The van der Waals surface area contributed by atoms with E-state index in [1.807, 2.05) is 13.0 Å². The van der Waals surface area contributed by atoms with Gasteiger partial charge in [-0.1, -0.05) is 19.3 Å². The quantitative estimate of drug-likeness (QED) is 0.801. The van der Waals surface area contributed by atoms with E-state index in [2.05, 4.69) is 15.9 Å². The fraction of sp³-hybridized carbons (Fsp3) is 0.667. The van der Waals surface area contributed by atoms with E-state index in [1.165, 1.54) is 6.42 Å². The standard InChI is InChI=1S/C15H21BrO3S/c1-10-7-11(16)14(20-10)12(17)8-15(9-13(18)19)5-3-2-4-6-15/h7,12,17H,2-6,8-9H2,1H3,(H,18,19). The lowest BCUT2D eigenvalue weighted by atomic mass is 9.68. The minimum absolute atomic E-state index is 0.173. The molecule has 20 heavy (non-hydrogen) atoms. The predicted molar refractivity (Wildman–Crippen MR) is 84.1 cm³/mol. The Kier molecular flexibility index (Phi) is 5.26. The van der Waals surface area contributed by atoms with E-state index in [-0.39, 0.29) is 11.8 Å². The maximum Gasteiger partial charge on any atom is 0.303 e. The van der Waals surface area contributed by atoms with E-state index in [0.717, 1.165) is 39.9 Å². The van der Waals surface area contributed by atoms with Crippen molar-refractivity contribution in [1.29, 1.82) is 0 Å². The number of aryl methyl sites for hydroxylation is 1. The smallest absolute Gasteiger partial charge is 0.303 e. The molecule has 0 aromatic carbocycles. The number of aliphatic hydroxyl groups excluding tert-OH is 1. The van der Waals surface area contributed by atoms with Crippen LogP contribution in [-0.2, 0) is 4.79 Å². The van der Waals surface area contributed by atoms with Gasteiger partial charge in [-0.15, -0.1) is 11.3 Å². The molecular weight excluding hydrogens is 340 g/mol. The van der Waals surface area contributed by atoms with E-state index in [1.54, 1.807) is 11.3 Å². The van der Waals surface area contributed by atoms with Crippen LogP contribution in [0.15, 0.2) is 10.5 Å². The predicted octanol–water partition coefficient (Wildman–Crippen LogP) is 4.67. The van der Waals surface area contributed by atoms with E-state index < -0.39 is 12.1 Å². The first-order chi connectivity index (χ1) is 9.42. The van der Waals surface area contributed by atoms with Crippen molar-refractivity contribution in [1.82, 2.24) is 0 Å². The van der Waals surface area contributed by atoms with Crippen LogP contribution >= 0.6 is 27.3 Å². The van der Waals surface area contributed by atoms with Gasteiger partial charge < -0.3 is 10.2 Å². The van der Waals surface area contributed by atoms with Crippen molar-refractivity contribution < 1.29 is 15.0 Å². The van der Waals surface area contributed by atoms with Crippen LogP contribution in [0, 0.1) is 12.3 Å². The number of hydrogen-bond donors (Lipinski definition) is 2. The third kappa shape index (κ3) is 3.83. The van der Waals surface area contributed by atoms with Crippen LogP contribution in [0.25, 0.3) is 0 Å². The highest BCUT2D eigenvalue weighted by Gasteiger charge is 2.37. The van der Waals surface area contributed by atoms with Crippen LogP contribution in [0.5, 0.6) is 0 Å². The second-order valence-electron chi connectivity index (χ2n) is 5.92. The number of rotatable bonds is 5. The van der Waals surface area contributed by atoms with E-state index >= 15 is 0 Å². The van der Waals surface area contributed by atoms with Crippen molar-refractivity contribution in [2.24, 2.45) is 5.41 Å². The largest absolute Gasteiger partial charge is 0.481 e. The molecule has 1 atom stereocenters. The molecule has 1 fully saturated rings. The monoisotopic (exact) mass is 360 g/mol. The molecule has 1 aromatic heterocycles.